The minimum atomic E-state index is 0.669. The van der Waals surface area contributed by atoms with Gasteiger partial charge in [0.2, 0.25) is 0 Å². The third-order valence-corrected chi connectivity index (χ3v) is 2.41. The number of benzene rings is 1. The van der Waals surface area contributed by atoms with Gasteiger partial charge in [-0.2, -0.15) is 0 Å². The second-order valence-corrected chi connectivity index (χ2v) is 4.22. The molecular formula is C9H13Al. The molecule has 0 N–H and O–H groups in total. The van der Waals surface area contributed by atoms with Crippen LogP contribution >= 0.6 is 0 Å². The molecule has 0 spiro atoms. The van der Waals surface area contributed by atoms with Crippen molar-refractivity contribution in [2.75, 3.05) is 0 Å². The monoisotopic (exact) mass is 148 g/mol. The fraction of sp³-hybridized carbons (Fsp3) is 0.333. The van der Waals surface area contributed by atoms with Crippen molar-refractivity contribution in [3.63, 3.8) is 0 Å². The third kappa shape index (κ3) is 1.87. The molecule has 0 aliphatic rings. The van der Waals surface area contributed by atoms with E-state index in [1.54, 1.807) is 0 Å². The van der Waals surface area contributed by atoms with Crippen LogP contribution in [-0.4, -0.2) is 16.3 Å². The Morgan fingerprint density at radius 3 is 2.00 bits per heavy atom. The van der Waals surface area contributed by atoms with Gasteiger partial charge in [0.25, 0.3) is 16.3 Å². The van der Waals surface area contributed by atoms with Gasteiger partial charge in [0.15, 0.2) is 0 Å². The van der Waals surface area contributed by atoms with Crippen molar-refractivity contribution in [2.45, 2.75) is 19.8 Å². The molecule has 1 aromatic rings. The van der Waals surface area contributed by atoms with Crippen LogP contribution in [0.1, 0.15) is 25.3 Å². The molecule has 0 saturated carbocycles. The highest BCUT2D eigenvalue weighted by Crippen LogP contribution is 2.10. The molecule has 52 valence electrons. The van der Waals surface area contributed by atoms with E-state index in [1.807, 2.05) is 0 Å². The Labute approximate surface area is 70.7 Å². The average molecular weight is 148 g/mol. The van der Waals surface area contributed by atoms with Crippen molar-refractivity contribution in [1.29, 1.82) is 0 Å². The highest BCUT2D eigenvalue weighted by Gasteiger charge is 1.95. The molecule has 0 bridgehead atoms. The van der Waals surface area contributed by atoms with Gasteiger partial charge in [-0.25, -0.2) is 0 Å². The fourth-order valence-corrected chi connectivity index (χ4v) is 1.28. The molecule has 0 amide bonds. The Morgan fingerprint density at radius 1 is 1.10 bits per heavy atom. The Hall–Kier alpha value is -0.248. The normalized spacial score (nSPS) is 10.3. The maximum absolute atomic E-state index is 2.23. The first-order valence-electron chi connectivity index (χ1n) is 3.76. The van der Waals surface area contributed by atoms with Gasteiger partial charge in [0.1, 0.15) is 0 Å². The predicted molar refractivity (Wildman–Crippen MR) is 48.7 cm³/mol. The highest BCUT2D eigenvalue weighted by molar-refractivity contribution is 6.32. The maximum Gasteiger partial charge on any atom is 0.258 e. The summed E-state index contributed by atoms with van der Waals surface area (Å²) < 4.78 is 1.48. The number of hydrogen-bond donors (Lipinski definition) is 0. The first kappa shape index (κ1) is 7.86. The van der Waals surface area contributed by atoms with Gasteiger partial charge < -0.3 is 0 Å². The molecule has 0 fully saturated rings. The third-order valence-electron chi connectivity index (χ3n) is 1.74. The molecular weight excluding hydrogens is 135 g/mol. The summed E-state index contributed by atoms with van der Waals surface area (Å²) in [5, 5.41) is 0. The first-order valence-corrected chi connectivity index (χ1v) is 4.76. The van der Waals surface area contributed by atoms with Crippen LogP contribution in [0.25, 0.3) is 0 Å². The number of rotatable bonds is 1. The Bertz CT molecular complexity index is 198. The SMILES string of the molecule is CC(C)c1cc[c]([AlH2])cc1. The zero-order chi connectivity index (χ0) is 7.56. The Morgan fingerprint density at radius 2 is 1.60 bits per heavy atom. The van der Waals surface area contributed by atoms with Crippen LogP contribution in [0.3, 0.4) is 0 Å². The van der Waals surface area contributed by atoms with Crippen molar-refractivity contribution in [3.05, 3.63) is 29.8 Å². The second-order valence-electron chi connectivity index (χ2n) is 3.07. The van der Waals surface area contributed by atoms with Crippen LogP contribution in [0.15, 0.2) is 24.3 Å². The molecule has 0 nitrogen and oxygen atoms in total. The average Bonchev–Trinajstić information content (AvgIpc) is 1.88. The summed E-state index contributed by atoms with van der Waals surface area (Å²) >= 11 is 1.17. The molecule has 0 radical (unpaired) electrons. The van der Waals surface area contributed by atoms with E-state index in [-0.39, 0.29) is 0 Å². The van der Waals surface area contributed by atoms with Crippen LogP contribution in [0.4, 0.5) is 0 Å². The van der Waals surface area contributed by atoms with Gasteiger partial charge in [-0.1, -0.05) is 38.1 Å². The maximum atomic E-state index is 2.23. The summed E-state index contributed by atoms with van der Waals surface area (Å²) in [5.41, 5.74) is 1.44. The predicted octanol–water partition coefficient (Wildman–Crippen LogP) is 1.07. The van der Waals surface area contributed by atoms with Crippen molar-refractivity contribution in [1.82, 2.24) is 0 Å². The van der Waals surface area contributed by atoms with Gasteiger partial charge in [0, 0.05) is 0 Å². The van der Waals surface area contributed by atoms with Gasteiger partial charge in [-0.3, -0.25) is 0 Å². The summed E-state index contributed by atoms with van der Waals surface area (Å²) in [6.07, 6.45) is 0. The minimum Gasteiger partial charge on any atom is -0.121 e. The first-order chi connectivity index (χ1) is 4.70. The summed E-state index contributed by atoms with van der Waals surface area (Å²) in [4.78, 5) is 0. The van der Waals surface area contributed by atoms with Crippen LogP contribution in [0.2, 0.25) is 0 Å². The van der Waals surface area contributed by atoms with E-state index >= 15 is 0 Å². The van der Waals surface area contributed by atoms with E-state index < -0.39 is 0 Å². The fourth-order valence-electron chi connectivity index (χ4n) is 0.951. The van der Waals surface area contributed by atoms with Crippen molar-refractivity contribution in [3.8, 4) is 0 Å². The molecule has 0 unspecified atom stereocenters. The van der Waals surface area contributed by atoms with E-state index in [1.165, 1.54) is 26.3 Å². The van der Waals surface area contributed by atoms with Crippen LogP contribution < -0.4 is 4.43 Å². The quantitative estimate of drug-likeness (QED) is 0.522. The molecule has 10 heavy (non-hydrogen) atoms. The lowest BCUT2D eigenvalue weighted by atomic mass is 10.0. The lowest BCUT2D eigenvalue weighted by Gasteiger charge is -2.03. The zero-order valence-corrected chi connectivity index (χ0v) is 8.89. The zero-order valence-electron chi connectivity index (χ0n) is 6.89. The summed E-state index contributed by atoms with van der Waals surface area (Å²) in [6, 6.07) is 8.91. The number of hydrogen-bond acceptors (Lipinski definition) is 0. The van der Waals surface area contributed by atoms with E-state index in [4.69, 9.17) is 0 Å². The molecule has 1 rings (SSSR count). The topological polar surface area (TPSA) is 0 Å². The Balaban J connectivity index is 2.89. The van der Waals surface area contributed by atoms with Crippen LogP contribution in [-0.2, 0) is 0 Å². The minimum absolute atomic E-state index is 0.669. The lowest BCUT2D eigenvalue weighted by Crippen LogP contribution is -2.00. The molecule has 0 aliphatic carbocycles. The largest absolute Gasteiger partial charge is 0.258 e. The molecule has 0 heterocycles. The van der Waals surface area contributed by atoms with Crippen LogP contribution in [0.5, 0.6) is 0 Å². The summed E-state index contributed by atoms with van der Waals surface area (Å²) in [5.74, 6) is 0.669. The van der Waals surface area contributed by atoms with Crippen molar-refractivity contribution < 1.29 is 0 Å². The smallest absolute Gasteiger partial charge is 0.121 e. The molecule has 1 aromatic carbocycles. The van der Waals surface area contributed by atoms with Crippen molar-refractivity contribution in [2.24, 2.45) is 0 Å². The van der Waals surface area contributed by atoms with E-state index in [0.29, 0.717) is 5.92 Å². The van der Waals surface area contributed by atoms with E-state index in [0.717, 1.165) is 0 Å². The summed E-state index contributed by atoms with van der Waals surface area (Å²) in [6.45, 7) is 4.45. The lowest BCUT2D eigenvalue weighted by molar-refractivity contribution is 0.867. The molecule has 0 aromatic heterocycles. The Kier molecular flexibility index (Phi) is 2.54. The van der Waals surface area contributed by atoms with E-state index in [9.17, 15) is 0 Å². The highest BCUT2D eigenvalue weighted by atomic mass is 27.0. The molecule has 0 atom stereocenters. The van der Waals surface area contributed by atoms with Gasteiger partial charge in [-0.05, 0) is 11.5 Å². The molecule has 1 heteroatoms. The molecule has 0 saturated heterocycles. The van der Waals surface area contributed by atoms with Crippen LogP contribution in [0, 0.1) is 0 Å². The van der Waals surface area contributed by atoms with Gasteiger partial charge in [-0.15, -0.1) is 4.43 Å². The van der Waals surface area contributed by atoms with Gasteiger partial charge in [0.05, 0.1) is 0 Å². The second kappa shape index (κ2) is 3.23. The van der Waals surface area contributed by atoms with Crippen molar-refractivity contribution >= 4 is 20.7 Å². The van der Waals surface area contributed by atoms with E-state index in [2.05, 4.69) is 38.1 Å². The standard InChI is InChI=1S/C9H11.Al.2H/c1-8(2)9-6-4-3-5-7-9;;;/h4-8H,1-2H3;;;. The molecule has 0 aliphatic heterocycles. The summed E-state index contributed by atoms with van der Waals surface area (Å²) in [7, 11) is 0. The van der Waals surface area contributed by atoms with Gasteiger partial charge >= 0.3 is 0 Å².